The molecule has 0 heterocycles. The second-order valence-corrected chi connectivity index (χ2v) is 13.2. The molecule has 0 radical (unpaired) electrons. The Morgan fingerprint density at radius 3 is 1.19 bits per heavy atom. The lowest BCUT2D eigenvalue weighted by atomic mass is 9.81. The van der Waals surface area contributed by atoms with Gasteiger partial charge in [0.25, 0.3) is 0 Å². The lowest BCUT2D eigenvalue weighted by Crippen LogP contribution is -2.25. The highest BCUT2D eigenvalue weighted by Gasteiger charge is 2.27. The molecule has 1 aromatic carbocycles. The van der Waals surface area contributed by atoms with Crippen molar-refractivity contribution < 1.29 is 40.1 Å². The summed E-state index contributed by atoms with van der Waals surface area (Å²) in [6, 6.07) is 3.90. The van der Waals surface area contributed by atoms with Crippen LogP contribution in [0.2, 0.25) is 0 Å². The van der Waals surface area contributed by atoms with Gasteiger partial charge in [-0.15, -0.1) is 0 Å². The maximum absolute atomic E-state index is 10.4. The van der Waals surface area contributed by atoms with E-state index in [-0.39, 0.29) is 37.3 Å². The Bertz CT molecular complexity index is 700. The van der Waals surface area contributed by atoms with Crippen LogP contribution in [0.4, 0.5) is 0 Å². The minimum Gasteiger partial charge on any atom is -0.491 e. The van der Waals surface area contributed by atoms with Crippen molar-refractivity contribution in [1.82, 2.24) is 0 Å². The van der Waals surface area contributed by atoms with Crippen molar-refractivity contribution in [2.45, 2.75) is 76.8 Å². The van der Waals surface area contributed by atoms with Gasteiger partial charge in [0.05, 0.1) is 37.6 Å². The van der Waals surface area contributed by atoms with Gasteiger partial charge in [0.1, 0.15) is 24.7 Å². The van der Waals surface area contributed by atoms with Crippen LogP contribution in [0.15, 0.2) is 12.1 Å². The molecule has 36 heavy (non-hydrogen) atoms. The Kier molecular flexibility index (Phi) is 14.5. The van der Waals surface area contributed by atoms with Crippen LogP contribution < -0.4 is 9.47 Å². The standard InChI is InChI=1S/C26H46O8S2/c1-25(2,3)21-7-24(34-12-20(32)16-36-14-18(30)10-28)22(26(4,5)6)8-23(21)33-11-19(31)15-35-13-17(29)9-27/h7-8,17-20,27-32H,9-16H2,1-6H3. The Balaban J connectivity index is 3.00. The van der Waals surface area contributed by atoms with Gasteiger partial charge in [0.2, 0.25) is 0 Å². The molecule has 4 unspecified atom stereocenters. The highest BCUT2D eigenvalue weighted by atomic mass is 32.2. The Morgan fingerprint density at radius 2 is 0.917 bits per heavy atom. The van der Waals surface area contributed by atoms with Crippen LogP contribution in [0.25, 0.3) is 0 Å². The highest BCUT2D eigenvalue weighted by Crippen LogP contribution is 2.41. The molecule has 8 nitrogen and oxygen atoms in total. The van der Waals surface area contributed by atoms with E-state index in [9.17, 15) is 20.4 Å². The number of aliphatic hydroxyl groups excluding tert-OH is 6. The van der Waals surface area contributed by atoms with E-state index in [1.165, 1.54) is 23.5 Å². The Labute approximate surface area is 224 Å². The Hall–Kier alpha value is -0.720. The Morgan fingerprint density at radius 1 is 0.611 bits per heavy atom. The third kappa shape index (κ3) is 12.2. The average Bonchev–Trinajstić information content (AvgIpc) is 2.79. The predicted molar refractivity (Wildman–Crippen MR) is 148 cm³/mol. The zero-order chi connectivity index (χ0) is 27.5. The number of hydrogen-bond acceptors (Lipinski definition) is 10. The number of thioether (sulfide) groups is 2. The van der Waals surface area contributed by atoms with Crippen molar-refractivity contribution in [3.63, 3.8) is 0 Å². The molecule has 0 aliphatic rings. The van der Waals surface area contributed by atoms with Gasteiger partial charge in [-0.3, -0.25) is 0 Å². The summed E-state index contributed by atoms with van der Waals surface area (Å²) in [7, 11) is 0. The molecule has 0 aliphatic heterocycles. The van der Waals surface area contributed by atoms with E-state index in [2.05, 4.69) is 41.5 Å². The molecule has 0 fully saturated rings. The minimum absolute atomic E-state index is 0.0880. The second-order valence-electron chi connectivity index (χ2n) is 11.0. The molecule has 4 atom stereocenters. The third-order valence-corrected chi connectivity index (χ3v) is 7.70. The molecule has 6 N–H and O–H groups in total. The van der Waals surface area contributed by atoms with Gasteiger partial charge in [0, 0.05) is 34.1 Å². The van der Waals surface area contributed by atoms with Gasteiger partial charge in [-0.25, -0.2) is 0 Å². The first-order chi connectivity index (χ1) is 16.7. The fraction of sp³-hybridized carbons (Fsp3) is 0.769. The number of benzene rings is 1. The van der Waals surface area contributed by atoms with Gasteiger partial charge in [-0.05, 0) is 23.0 Å². The van der Waals surface area contributed by atoms with Crippen molar-refractivity contribution in [2.24, 2.45) is 0 Å². The van der Waals surface area contributed by atoms with Crippen LogP contribution in [-0.2, 0) is 10.8 Å². The first-order valence-corrected chi connectivity index (χ1v) is 14.5. The number of ether oxygens (including phenoxy) is 2. The molecular formula is C26H46O8S2. The SMILES string of the molecule is CC(C)(C)c1cc(OCC(O)CSCC(O)CO)c(C(C)(C)C)cc1OCC(O)CSCC(O)CO. The smallest absolute Gasteiger partial charge is 0.123 e. The van der Waals surface area contributed by atoms with E-state index in [1.54, 1.807) is 0 Å². The van der Waals surface area contributed by atoms with Crippen LogP contribution >= 0.6 is 23.5 Å². The number of hydrogen-bond donors (Lipinski definition) is 6. The molecule has 210 valence electrons. The summed E-state index contributed by atoms with van der Waals surface area (Å²) < 4.78 is 12.2. The minimum atomic E-state index is -0.804. The van der Waals surface area contributed by atoms with Crippen molar-refractivity contribution in [1.29, 1.82) is 0 Å². The summed E-state index contributed by atoms with van der Waals surface area (Å²) >= 11 is 2.71. The molecule has 0 saturated heterocycles. The van der Waals surface area contributed by atoms with E-state index < -0.39 is 24.4 Å². The molecule has 1 aromatic rings. The monoisotopic (exact) mass is 550 g/mol. The second kappa shape index (κ2) is 15.6. The van der Waals surface area contributed by atoms with E-state index in [0.717, 1.165) is 11.1 Å². The topological polar surface area (TPSA) is 140 Å². The lowest BCUT2D eigenvalue weighted by molar-refractivity contribution is 0.112. The molecule has 0 aromatic heterocycles. The average molecular weight is 551 g/mol. The van der Waals surface area contributed by atoms with Crippen molar-refractivity contribution in [3.8, 4) is 11.5 Å². The van der Waals surface area contributed by atoms with Gasteiger partial charge in [0.15, 0.2) is 0 Å². The summed E-state index contributed by atoms with van der Waals surface area (Å²) in [5.74, 6) is 2.75. The zero-order valence-corrected chi connectivity index (χ0v) is 24.1. The maximum atomic E-state index is 10.4. The zero-order valence-electron chi connectivity index (χ0n) is 22.4. The van der Waals surface area contributed by atoms with E-state index in [1.807, 2.05) is 12.1 Å². The number of rotatable bonds is 16. The van der Waals surface area contributed by atoms with Crippen LogP contribution in [-0.4, -0.2) is 104 Å². The maximum Gasteiger partial charge on any atom is 0.123 e. The lowest BCUT2D eigenvalue weighted by Gasteiger charge is -2.30. The largest absolute Gasteiger partial charge is 0.491 e. The predicted octanol–water partition coefficient (Wildman–Crippen LogP) is 1.93. The molecular weight excluding hydrogens is 504 g/mol. The third-order valence-electron chi connectivity index (χ3n) is 5.22. The first-order valence-electron chi connectivity index (χ1n) is 12.2. The summed E-state index contributed by atoms with van der Waals surface area (Å²) in [4.78, 5) is 0. The van der Waals surface area contributed by atoms with E-state index in [0.29, 0.717) is 34.5 Å². The van der Waals surface area contributed by atoms with Crippen LogP contribution in [0.1, 0.15) is 52.7 Å². The van der Waals surface area contributed by atoms with Crippen molar-refractivity contribution in [3.05, 3.63) is 23.3 Å². The molecule has 0 amide bonds. The van der Waals surface area contributed by atoms with Gasteiger partial charge >= 0.3 is 0 Å². The fourth-order valence-electron chi connectivity index (χ4n) is 3.22. The molecule has 1 rings (SSSR count). The summed E-state index contributed by atoms with van der Waals surface area (Å²) in [6.45, 7) is 12.0. The van der Waals surface area contributed by atoms with E-state index >= 15 is 0 Å². The summed E-state index contributed by atoms with van der Waals surface area (Å²) in [5.41, 5.74) is 1.28. The van der Waals surface area contributed by atoms with Gasteiger partial charge in [-0.1, -0.05) is 41.5 Å². The first kappa shape index (κ1) is 33.3. The summed E-state index contributed by atoms with van der Waals surface area (Å²) in [6.07, 6.45) is -3.08. The van der Waals surface area contributed by atoms with Crippen LogP contribution in [0.5, 0.6) is 11.5 Å². The van der Waals surface area contributed by atoms with Gasteiger partial charge in [-0.2, -0.15) is 23.5 Å². The molecule has 0 spiro atoms. The van der Waals surface area contributed by atoms with Crippen LogP contribution in [0.3, 0.4) is 0 Å². The number of aliphatic hydroxyl groups is 6. The molecule has 0 saturated carbocycles. The van der Waals surface area contributed by atoms with Crippen molar-refractivity contribution in [2.75, 3.05) is 49.4 Å². The highest BCUT2D eigenvalue weighted by molar-refractivity contribution is 7.99. The van der Waals surface area contributed by atoms with Crippen molar-refractivity contribution >= 4 is 23.5 Å². The van der Waals surface area contributed by atoms with Crippen LogP contribution in [0, 0.1) is 0 Å². The summed E-state index contributed by atoms with van der Waals surface area (Å²) in [5, 5.41) is 57.5. The van der Waals surface area contributed by atoms with Gasteiger partial charge < -0.3 is 40.1 Å². The fourth-order valence-corrected chi connectivity index (χ4v) is 4.99. The normalized spacial score (nSPS) is 15.9. The molecule has 10 heteroatoms. The van der Waals surface area contributed by atoms with E-state index in [4.69, 9.17) is 19.7 Å². The molecule has 0 bridgehead atoms. The quantitative estimate of drug-likeness (QED) is 0.181. The molecule has 0 aliphatic carbocycles.